The van der Waals surface area contributed by atoms with Crippen LogP contribution < -0.4 is 4.74 Å². The molecule has 32 heavy (non-hydrogen) atoms. The molecule has 0 spiro atoms. The molecule has 2 rings (SSSR count). The molecular formula is C25H29BrO6. The highest BCUT2D eigenvalue weighted by molar-refractivity contribution is 9.09. The Labute approximate surface area is 197 Å². The number of carbonyl (C=O) groups is 3. The van der Waals surface area contributed by atoms with E-state index < -0.39 is 11.9 Å². The van der Waals surface area contributed by atoms with Crippen molar-refractivity contribution in [3.05, 3.63) is 64.7 Å². The number of alkyl halides is 1. The van der Waals surface area contributed by atoms with Gasteiger partial charge in [0.15, 0.2) is 5.78 Å². The van der Waals surface area contributed by atoms with Crippen LogP contribution in [0.2, 0.25) is 0 Å². The maximum absolute atomic E-state index is 13.0. The summed E-state index contributed by atoms with van der Waals surface area (Å²) in [5.74, 6) is -1.05. The number of ketones is 1. The van der Waals surface area contributed by atoms with Crippen molar-refractivity contribution < 1.29 is 29.0 Å². The SMILES string of the molecule is CCOC(=O)c1cccc(C(=O)c2ccc(OCCCCCCBr)c(CCC(=O)O)c2)c1. The van der Waals surface area contributed by atoms with Gasteiger partial charge in [-0.05, 0) is 62.1 Å². The normalized spacial score (nSPS) is 10.6. The Balaban J connectivity index is 2.18. The number of carbonyl (C=O) groups excluding carboxylic acids is 2. The van der Waals surface area contributed by atoms with Crippen LogP contribution in [-0.2, 0) is 16.0 Å². The van der Waals surface area contributed by atoms with Crippen LogP contribution in [0, 0.1) is 0 Å². The first-order valence-electron chi connectivity index (χ1n) is 10.8. The van der Waals surface area contributed by atoms with Crippen LogP contribution in [0.15, 0.2) is 42.5 Å². The number of carboxylic acid groups (broad SMARTS) is 1. The lowest BCUT2D eigenvalue weighted by Crippen LogP contribution is -2.09. The fourth-order valence-corrected chi connectivity index (χ4v) is 3.60. The predicted molar refractivity (Wildman–Crippen MR) is 126 cm³/mol. The average molecular weight is 505 g/mol. The van der Waals surface area contributed by atoms with E-state index >= 15 is 0 Å². The van der Waals surface area contributed by atoms with Gasteiger partial charge >= 0.3 is 11.9 Å². The number of aliphatic carboxylic acids is 1. The number of rotatable bonds is 14. The fourth-order valence-electron chi connectivity index (χ4n) is 3.20. The number of unbranched alkanes of at least 4 members (excludes halogenated alkanes) is 3. The van der Waals surface area contributed by atoms with Crippen molar-refractivity contribution in [2.75, 3.05) is 18.5 Å². The van der Waals surface area contributed by atoms with Crippen LogP contribution in [0.25, 0.3) is 0 Å². The minimum atomic E-state index is -0.912. The summed E-state index contributed by atoms with van der Waals surface area (Å²) in [7, 11) is 0. The molecule has 0 saturated heterocycles. The molecule has 2 aromatic rings. The summed E-state index contributed by atoms with van der Waals surface area (Å²) in [5, 5.41) is 10.1. The van der Waals surface area contributed by atoms with Crippen molar-refractivity contribution in [1.29, 1.82) is 0 Å². The lowest BCUT2D eigenvalue weighted by molar-refractivity contribution is -0.136. The number of carboxylic acids is 1. The summed E-state index contributed by atoms with van der Waals surface area (Å²) >= 11 is 3.42. The molecule has 0 bridgehead atoms. The summed E-state index contributed by atoms with van der Waals surface area (Å²) in [5.41, 5.74) is 1.76. The molecule has 0 aliphatic heterocycles. The van der Waals surface area contributed by atoms with E-state index in [0.717, 1.165) is 31.0 Å². The van der Waals surface area contributed by atoms with Gasteiger partial charge in [-0.1, -0.05) is 40.9 Å². The smallest absolute Gasteiger partial charge is 0.338 e. The monoisotopic (exact) mass is 504 g/mol. The molecule has 0 fully saturated rings. The maximum Gasteiger partial charge on any atom is 0.338 e. The molecule has 0 aromatic heterocycles. The second-order valence-corrected chi connectivity index (χ2v) is 8.09. The zero-order chi connectivity index (χ0) is 23.3. The van der Waals surface area contributed by atoms with Crippen LogP contribution in [0.5, 0.6) is 5.75 Å². The summed E-state index contributed by atoms with van der Waals surface area (Å²) in [6, 6.07) is 11.5. The standard InChI is InChI=1S/C25H29BrO6/c1-2-31-25(30)21-9-7-8-19(17-21)24(29)20-10-12-22(18(16-20)11-13-23(27)28)32-15-6-4-3-5-14-26/h7-10,12,16-17H,2-6,11,13-15H2,1H3,(H,27,28). The van der Waals surface area contributed by atoms with E-state index in [1.165, 1.54) is 6.07 Å². The van der Waals surface area contributed by atoms with E-state index in [9.17, 15) is 14.4 Å². The van der Waals surface area contributed by atoms with Gasteiger partial charge in [0.1, 0.15) is 5.75 Å². The first-order valence-corrected chi connectivity index (χ1v) is 11.9. The van der Waals surface area contributed by atoms with Gasteiger partial charge in [-0.15, -0.1) is 0 Å². The van der Waals surface area contributed by atoms with Crippen LogP contribution >= 0.6 is 15.9 Å². The highest BCUT2D eigenvalue weighted by Crippen LogP contribution is 2.24. The summed E-state index contributed by atoms with van der Waals surface area (Å²) in [6.45, 7) is 2.51. The largest absolute Gasteiger partial charge is 0.493 e. The van der Waals surface area contributed by atoms with E-state index in [1.54, 1.807) is 43.3 Å². The van der Waals surface area contributed by atoms with Gasteiger partial charge in [-0.2, -0.15) is 0 Å². The van der Waals surface area contributed by atoms with Crippen LogP contribution in [0.4, 0.5) is 0 Å². The minimum absolute atomic E-state index is 0.0579. The Bertz CT molecular complexity index is 924. The third-order valence-corrected chi connectivity index (χ3v) is 5.41. The Morgan fingerprint density at radius 1 is 0.938 bits per heavy atom. The van der Waals surface area contributed by atoms with Gasteiger partial charge in [0, 0.05) is 22.9 Å². The predicted octanol–water partition coefficient (Wildman–Crippen LogP) is 5.45. The zero-order valence-corrected chi connectivity index (χ0v) is 19.9. The number of hydrogen-bond donors (Lipinski definition) is 1. The Morgan fingerprint density at radius 2 is 1.66 bits per heavy atom. The van der Waals surface area contributed by atoms with Gasteiger partial charge < -0.3 is 14.6 Å². The third kappa shape index (κ3) is 8.11. The second kappa shape index (κ2) is 13.7. The van der Waals surface area contributed by atoms with Crippen molar-refractivity contribution in [3.63, 3.8) is 0 Å². The van der Waals surface area contributed by atoms with Crippen LogP contribution in [0.3, 0.4) is 0 Å². The topological polar surface area (TPSA) is 89.9 Å². The molecule has 0 amide bonds. The number of halogens is 1. The van der Waals surface area contributed by atoms with Gasteiger partial charge in [-0.25, -0.2) is 4.79 Å². The van der Waals surface area contributed by atoms with E-state index in [2.05, 4.69) is 15.9 Å². The van der Waals surface area contributed by atoms with E-state index in [4.69, 9.17) is 14.6 Å². The first kappa shape index (κ1) is 25.6. The molecule has 2 aromatic carbocycles. The Morgan fingerprint density at radius 3 is 2.38 bits per heavy atom. The van der Waals surface area contributed by atoms with Crippen molar-refractivity contribution in [3.8, 4) is 5.75 Å². The molecule has 7 heteroatoms. The summed E-state index contributed by atoms with van der Waals surface area (Å²) < 4.78 is 10.9. The zero-order valence-electron chi connectivity index (χ0n) is 18.3. The molecule has 0 saturated carbocycles. The molecule has 0 atom stereocenters. The van der Waals surface area contributed by atoms with Crippen molar-refractivity contribution in [1.82, 2.24) is 0 Å². The molecule has 1 N–H and O–H groups in total. The van der Waals surface area contributed by atoms with Gasteiger partial charge in [0.05, 0.1) is 18.8 Å². The van der Waals surface area contributed by atoms with Crippen LogP contribution in [0.1, 0.15) is 70.9 Å². The number of hydrogen-bond acceptors (Lipinski definition) is 5. The van der Waals surface area contributed by atoms with E-state index in [-0.39, 0.29) is 25.2 Å². The lowest BCUT2D eigenvalue weighted by atomic mass is 9.98. The van der Waals surface area contributed by atoms with Crippen molar-refractivity contribution >= 4 is 33.7 Å². The quantitative estimate of drug-likeness (QED) is 0.159. The maximum atomic E-state index is 13.0. The molecular weight excluding hydrogens is 476 g/mol. The summed E-state index contributed by atoms with van der Waals surface area (Å²) in [6.07, 6.45) is 4.42. The van der Waals surface area contributed by atoms with Crippen molar-refractivity contribution in [2.45, 2.75) is 45.4 Å². The van der Waals surface area contributed by atoms with Gasteiger partial charge in [0.25, 0.3) is 0 Å². The van der Waals surface area contributed by atoms with Gasteiger partial charge in [-0.3, -0.25) is 9.59 Å². The Kier molecular flexibility index (Phi) is 10.9. The van der Waals surface area contributed by atoms with Crippen LogP contribution in [-0.4, -0.2) is 41.4 Å². The Hall–Kier alpha value is -2.67. The highest BCUT2D eigenvalue weighted by Gasteiger charge is 2.16. The lowest BCUT2D eigenvalue weighted by Gasteiger charge is -2.13. The van der Waals surface area contributed by atoms with E-state index in [0.29, 0.717) is 34.6 Å². The third-order valence-electron chi connectivity index (χ3n) is 4.85. The van der Waals surface area contributed by atoms with Crippen molar-refractivity contribution in [2.24, 2.45) is 0 Å². The molecule has 0 unspecified atom stereocenters. The minimum Gasteiger partial charge on any atom is -0.493 e. The number of aryl methyl sites for hydroxylation is 1. The van der Waals surface area contributed by atoms with Gasteiger partial charge in [0.2, 0.25) is 0 Å². The number of esters is 1. The molecule has 0 radical (unpaired) electrons. The average Bonchev–Trinajstić information content (AvgIpc) is 2.80. The number of benzene rings is 2. The molecule has 0 heterocycles. The molecule has 0 aliphatic rings. The fraction of sp³-hybridized carbons (Fsp3) is 0.400. The number of ether oxygens (including phenoxy) is 2. The highest BCUT2D eigenvalue weighted by atomic mass is 79.9. The first-order chi connectivity index (χ1) is 15.5. The molecule has 172 valence electrons. The van der Waals surface area contributed by atoms with E-state index in [1.807, 2.05) is 0 Å². The summed E-state index contributed by atoms with van der Waals surface area (Å²) in [4.78, 5) is 36.1. The molecule has 6 nitrogen and oxygen atoms in total. The second-order valence-electron chi connectivity index (χ2n) is 7.30. The molecule has 0 aliphatic carbocycles.